The van der Waals surface area contributed by atoms with E-state index in [0.717, 1.165) is 4.88 Å². The van der Waals surface area contributed by atoms with Gasteiger partial charge in [0.05, 0.1) is 5.01 Å². The molecule has 0 radical (unpaired) electrons. The fourth-order valence-electron chi connectivity index (χ4n) is 0.820. The monoisotopic (exact) mass is 210 g/mol. The summed E-state index contributed by atoms with van der Waals surface area (Å²) in [6.45, 7) is 1.74. The van der Waals surface area contributed by atoms with E-state index in [1.165, 1.54) is 11.3 Å². The van der Waals surface area contributed by atoms with Crippen LogP contribution in [-0.2, 0) is 6.42 Å². The first-order chi connectivity index (χ1) is 5.88. The maximum Gasteiger partial charge on any atom is 0.389 e. The lowest BCUT2D eigenvalue weighted by molar-refractivity contribution is -0.133. The number of thiazole rings is 1. The summed E-state index contributed by atoms with van der Waals surface area (Å²) in [4.78, 5) is 4.58. The van der Waals surface area contributed by atoms with Crippen molar-refractivity contribution in [2.75, 3.05) is 5.73 Å². The van der Waals surface area contributed by atoms with E-state index in [2.05, 4.69) is 4.98 Å². The maximum atomic E-state index is 11.8. The summed E-state index contributed by atoms with van der Waals surface area (Å²) in [6, 6.07) is 0. The van der Waals surface area contributed by atoms with Gasteiger partial charge in [-0.25, -0.2) is 4.98 Å². The topological polar surface area (TPSA) is 38.9 Å². The van der Waals surface area contributed by atoms with Crippen molar-refractivity contribution in [1.82, 2.24) is 4.98 Å². The number of alkyl halides is 3. The number of nitrogens with zero attached hydrogens (tertiary/aromatic N) is 1. The van der Waals surface area contributed by atoms with Gasteiger partial charge < -0.3 is 5.73 Å². The average Bonchev–Trinajstić information content (AvgIpc) is 2.27. The molecule has 1 aromatic heterocycles. The van der Waals surface area contributed by atoms with Gasteiger partial charge in [0, 0.05) is 17.7 Å². The highest BCUT2D eigenvalue weighted by atomic mass is 32.1. The summed E-state index contributed by atoms with van der Waals surface area (Å²) in [5, 5.41) is 0.451. The second-order valence-corrected chi connectivity index (χ2v) is 3.95. The van der Waals surface area contributed by atoms with Crippen molar-refractivity contribution in [1.29, 1.82) is 0 Å². The minimum Gasteiger partial charge on any atom is -0.383 e. The van der Waals surface area contributed by atoms with Crippen molar-refractivity contribution < 1.29 is 13.2 Å². The molecule has 0 unspecified atom stereocenters. The molecule has 0 amide bonds. The van der Waals surface area contributed by atoms with E-state index in [4.69, 9.17) is 5.73 Å². The highest BCUT2D eigenvalue weighted by Crippen LogP contribution is 2.25. The third-order valence-corrected chi connectivity index (χ3v) is 2.55. The number of hydrogen-bond acceptors (Lipinski definition) is 3. The van der Waals surface area contributed by atoms with E-state index in [1.807, 2.05) is 0 Å². The van der Waals surface area contributed by atoms with E-state index < -0.39 is 12.6 Å². The second-order valence-electron chi connectivity index (χ2n) is 2.66. The third-order valence-electron chi connectivity index (χ3n) is 1.50. The van der Waals surface area contributed by atoms with Gasteiger partial charge in [-0.05, 0) is 6.92 Å². The molecule has 0 aromatic carbocycles. The van der Waals surface area contributed by atoms with Gasteiger partial charge >= 0.3 is 6.18 Å². The lowest BCUT2D eigenvalue weighted by Gasteiger charge is -2.02. The predicted molar refractivity (Wildman–Crippen MR) is 45.6 cm³/mol. The van der Waals surface area contributed by atoms with Gasteiger partial charge in [-0.2, -0.15) is 13.2 Å². The lowest BCUT2D eigenvalue weighted by atomic mass is 10.3. The van der Waals surface area contributed by atoms with Crippen LogP contribution in [0.4, 0.5) is 19.0 Å². The molecule has 0 saturated heterocycles. The number of nitrogen functional groups attached to an aromatic ring is 1. The summed E-state index contributed by atoms with van der Waals surface area (Å²) in [5.41, 5.74) is 5.40. The number of anilines is 1. The van der Waals surface area contributed by atoms with Crippen molar-refractivity contribution in [2.45, 2.75) is 25.9 Å². The Hall–Kier alpha value is -0.780. The van der Waals surface area contributed by atoms with E-state index in [9.17, 15) is 13.2 Å². The number of hydrogen-bond donors (Lipinski definition) is 1. The highest BCUT2D eigenvalue weighted by molar-refractivity contribution is 7.12. The van der Waals surface area contributed by atoms with Gasteiger partial charge in [-0.3, -0.25) is 0 Å². The minimum atomic E-state index is -4.12. The van der Waals surface area contributed by atoms with Gasteiger partial charge in [-0.1, -0.05) is 0 Å². The zero-order valence-corrected chi connectivity index (χ0v) is 7.80. The summed E-state index contributed by atoms with van der Waals surface area (Å²) in [7, 11) is 0. The zero-order valence-electron chi connectivity index (χ0n) is 6.98. The van der Waals surface area contributed by atoms with Crippen LogP contribution in [0.3, 0.4) is 0 Å². The van der Waals surface area contributed by atoms with Crippen LogP contribution in [0.2, 0.25) is 0 Å². The Morgan fingerprint density at radius 2 is 2.08 bits per heavy atom. The van der Waals surface area contributed by atoms with Crippen LogP contribution in [0.25, 0.3) is 0 Å². The number of halogens is 3. The van der Waals surface area contributed by atoms with Crippen LogP contribution in [-0.4, -0.2) is 11.2 Å². The van der Waals surface area contributed by atoms with E-state index in [0.29, 0.717) is 10.8 Å². The first-order valence-electron chi connectivity index (χ1n) is 3.67. The molecule has 0 aliphatic carbocycles. The fraction of sp³-hybridized carbons (Fsp3) is 0.571. The van der Waals surface area contributed by atoms with E-state index in [-0.39, 0.29) is 6.42 Å². The van der Waals surface area contributed by atoms with E-state index >= 15 is 0 Å². The Morgan fingerprint density at radius 1 is 1.46 bits per heavy atom. The normalized spacial score (nSPS) is 12.0. The summed E-state index contributed by atoms with van der Waals surface area (Å²) in [6.07, 6.45) is -5.03. The largest absolute Gasteiger partial charge is 0.389 e. The van der Waals surface area contributed by atoms with Crippen LogP contribution in [0, 0.1) is 6.92 Å². The van der Waals surface area contributed by atoms with Gasteiger partial charge in [0.25, 0.3) is 0 Å². The maximum absolute atomic E-state index is 11.8. The molecular formula is C7H9F3N2S. The molecule has 13 heavy (non-hydrogen) atoms. The highest BCUT2D eigenvalue weighted by Gasteiger charge is 2.27. The molecule has 0 atom stereocenters. The van der Waals surface area contributed by atoms with Crippen molar-refractivity contribution in [3.05, 3.63) is 9.88 Å². The van der Waals surface area contributed by atoms with Crippen LogP contribution < -0.4 is 5.73 Å². The van der Waals surface area contributed by atoms with Crippen molar-refractivity contribution in [3.63, 3.8) is 0 Å². The molecule has 2 nitrogen and oxygen atoms in total. The molecule has 2 N–H and O–H groups in total. The zero-order chi connectivity index (χ0) is 10.1. The minimum absolute atomic E-state index is 0.0772. The predicted octanol–water partition coefficient (Wildman–Crippen LogP) is 2.53. The Bertz CT molecular complexity index is 273. The van der Waals surface area contributed by atoms with Crippen LogP contribution >= 0.6 is 11.3 Å². The number of nitrogens with two attached hydrogens (primary N) is 1. The molecule has 0 aliphatic rings. The molecular weight excluding hydrogens is 201 g/mol. The molecule has 0 saturated carbocycles. The van der Waals surface area contributed by atoms with Crippen LogP contribution in [0.5, 0.6) is 0 Å². The summed E-state index contributed by atoms with van der Waals surface area (Å²) in [5.74, 6) is 0.335. The molecule has 0 bridgehead atoms. The molecule has 1 aromatic rings. The van der Waals surface area contributed by atoms with Crippen LogP contribution in [0.15, 0.2) is 0 Å². The summed E-state index contributed by atoms with van der Waals surface area (Å²) >= 11 is 1.22. The first-order valence-corrected chi connectivity index (χ1v) is 4.48. The molecule has 74 valence electrons. The van der Waals surface area contributed by atoms with Crippen molar-refractivity contribution in [2.24, 2.45) is 0 Å². The third kappa shape index (κ3) is 3.22. The Labute approximate surface area is 77.6 Å². The smallest absolute Gasteiger partial charge is 0.383 e. The Balaban J connectivity index is 2.56. The van der Waals surface area contributed by atoms with E-state index in [1.54, 1.807) is 6.92 Å². The van der Waals surface area contributed by atoms with Gasteiger partial charge in [0.15, 0.2) is 0 Å². The molecule has 1 heterocycles. The second kappa shape index (κ2) is 3.53. The molecule has 6 heteroatoms. The fourth-order valence-corrected chi connectivity index (χ4v) is 1.67. The van der Waals surface area contributed by atoms with Crippen molar-refractivity contribution >= 4 is 17.2 Å². The average molecular weight is 210 g/mol. The quantitative estimate of drug-likeness (QED) is 0.814. The molecule has 0 aliphatic heterocycles. The van der Waals surface area contributed by atoms with Gasteiger partial charge in [0.1, 0.15) is 5.82 Å². The lowest BCUT2D eigenvalue weighted by Crippen LogP contribution is -2.08. The van der Waals surface area contributed by atoms with Gasteiger partial charge in [0.2, 0.25) is 0 Å². The Morgan fingerprint density at radius 3 is 2.46 bits per heavy atom. The Kier molecular flexibility index (Phi) is 2.80. The number of aromatic nitrogens is 1. The number of rotatable bonds is 2. The molecule has 0 fully saturated rings. The first kappa shape index (κ1) is 10.3. The van der Waals surface area contributed by atoms with Gasteiger partial charge in [-0.15, -0.1) is 11.3 Å². The standard InChI is InChI=1S/C7H9F3N2S/c1-4-6(11)12-5(13-4)2-3-7(8,9)10/h2-3,11H2,1H3. The number of aryl methyl sites for hydroxylation is 2. The molecule has 0 spiro atoms. The SMILES string of the molecule is Cc1sc(CCC(F)(F)F)nc1N. The summed E-state index contributed by atoms with van der Waals surface area (Å²) < 4.78 is 35.4. The van der Waals surface area contributed by atoms with Crippen molar-refractivity contribution in [3.8, 4) is 0 Å². The van der Waals surface area contributed by atoms with Crippen LogP contribution in [0.1, 0.15) is 16.3 Å². The molecule has 1 rings (SSSR count).